The Bertz CT molecular complexity index is 886. The van der Waals surface area contributed by atoms with Crippen LogP contribution in [0.2, 0.25) is 0 Å². The highest BCUT2D eigenvalue weighted by atomic mass is 32.2. The number of hydrogen-bond acceptors (Lipinski definition) is 6. The molecule has 9 heteroatoms. The minimum atomic E-state index is -3.63. The normalized spacial score (nSPS) is 16.5. The first-order chi connectivity index (χ1) is 12.4. The van der Waals surface area contributed by atoms with Crippen molar-refractivity contribution >= 4 is 21.7 Å². The smallest absolute Gasteiger partial charge is 0.256 e. The van der Waals surface area contributed by atoms with Gasteiger partial charge in [0, 0.05) is 37.8 Å². The fourth-order valence-electron chi connectivity index (χ4n) is 2.85. The maximum absolute atomic E-state index is 12.9. The summed E-state index contributed by atoms with van der Waals surface area (Å²) < 4.78 is 32.1. The lowest BCUT2D eigenvalue weighted by Crippen LogP contribution is -2.48. The van der Waals surface area contributed by atoms with E-state index in [-0.39, 0.29) is 16.3 Å². The summed E-state index contributed by atoms with van der Waals surface area (Å²) in [5.74, 6) is 0.422. The maximum Gasteiger partial charge on any atom is 0.256 e. The van der Waals surface area contributed by atoms with Crippen molar-refractivity contribution in [2.24, 2.45) is 0 Å². The van der Waals surface area contributed by atoms with Gasteiger partial charge in [0.15, 0.2) is 5.82 Å². The van der Waals surface area contributed by atoms with Crippen LogP contribution in [0.5, 0.6) is 0 Å². The molecule has 3 rings (SSSR count). The molecule has 0 spiro atoms. The van der Waals surface area contributed by atoms with E-state index in [1.165, 1.54) is 16.4 Å². The topological polar surface area (TPSA) is 95.8 Å². The fraction of sp³-hybridized carbons (Fsp3) is 0.412. The number of carbonyl (C=O) groups excluding carboxylic acids is 1. The molecule has 140 valence electrons. The highest BCUT2D eigenvalue weighted by Crippen LogP contribution is 2.19. The molecule has 1 aliphatic heterocycles. The fourth-order valence-corrected chi connectivity index (χ4v) is 4.32. The number of nitrogens with zero attached hydrogens (tertiary/aromatic N) is 3. The number of hydrogen-bond donors (Lipinski definition) is 1. The highest BCUT2D eigenvalue weighted by molar-refractivity contribution is 7.89. The van der Waals surface area contributed by atoms with E-state index in [4.69, 9.17) is 4.52 Å². The van der Waals surface area contributed by atoms with E-state index >= 15 is 0 Å². The van der Waals surface area contributed by atoms with Gasteiger partial charge in [-0.3, -0.25) is 4.79 Å². The molecule has 0 aliphatic carbocycles. The predicted octanol–water partition coefficient (Wildman–Crippen LogP) is 1.56. The van der Waals surface area contributed by atoms with Crippen LogP contribution in [0.1, 0.15) is 23.0 Å². The van der Waals surface area contributed by atoms with Crippen LogP contribution in [0.4, 0.5) is 5.82 Å². The van der Waals surface area contributed by atoms with Gasteiger partial charge in [-0.15, -0.1) is 0 Å². The van der Waals surface area contributed by atoms with Crippen molar-refractivity contribution in [1.29, 1.82) is 0 Å². The third-order valence-corrected chi connectivity index (χ3v) is 6.28. The molecule has 1 fully saturated rings. The molecular weight excluding hydrogens is 356 g/mol. The van der Waals surface area contributed by atoms with Gasteiger partial charge in [-0.25, -0.2) is 8.42 Å². The van der Waals surface area contributed by atoms with E-state index in [9.17, 15) is 13.2 Å². The van der Waals surface area contributed by atoms with Gasteiger partial charge in [0.2, 0.25) is 10.0 Å². The molecule has 1 saturated heterocycles. The second-order valence-electron chi connectivity index (χ2n) is 6.14. The van der Waals surface area contributed by atoms with Crippen molar-refractivity contribution in [1.82, 2.24) is 14.4 Å². The molecule has 0 atom stereocenters. The van der Waals surface area contributed by atoms with E-state index < -0.39 is 15.9 Å². The number of anilines is 1. The molecule has 1 amide bonds. The second kappa shape index (κ2) is 7.56. The van der Waals surface area contributed by atoms with Crippen molar-refractivity contribution in [2.75, 3.05) is 38.0 Å². The van der Waals surface area contributed by atoms with Crippen LogP contribution in [0, 0.1) is 6.92 Å². The van der Waals surface area contributed by atoms with Gasteiger partial charge < -0.3 is 14.7 Å². The zero-order chi connectivity index (χ0) is 18.7. The van der Waals surface area contributed by atoms with Gasteiger partial charge in [0.05, 0.1) is 4.90 Å². The van der Waals surface area contributed by atoms with Gasteiger partial charge in [-0.2, -0.15) is 4.31 Å². The molecule has 0 bridgehead atoms. The number of aromatic nitrogens is 1. The molecule has 1 aliphatic rings. The first-order valence-corrected chi connectivity index (χ1v) is 9.91. The predicted molar refractivity (Wildman–Crippen MR) is 96.5 cm³/mol. The monoisotopic (exact) mass is 378 g/mol. The summed E-state index contributed by atoms with van der Waals surface area (Å²) in [6.07, 6.45) is 0. The molecule has 1 N–H and O–H groups in total. The van der Waals surface area contributed by atoms with Gasteiger partial charge >= 0.3 is 0 Å². The molecule has 8 nitrogen and oxygen atoms in total. The standard InChI is InChI=1S/C17H22N4O4S/c1-3-20-7-9-21(10-8-20)26(23,24)15-6-4-5-14(12-15)17(22)18-16-11-13(2)25-19-16/h4-6,11-12H,3,7-10H2,1-2H3,(H,18,19,22). The van der Waals surface area contributed by atoms with Crippen LogP contribution >= 0.6 is 0 Å². The number of carbonyl (C=O) groups is 1. The molecule has 1 aromatic carbocycles. The SMILES string of the molecule is CCN1CCN(S(=O)(=O)c2cccc(C(=O)Nc3cc(C)on3)c2)CC1. The lowest BCUT2D eigenvalue weighted by molar-refractivity contribution is 0.102. The van der Waals surface area contributed by atoms with Crippen LogP contribution in [0.25, 0.3) is 0 Å². The van der Waals surface area contributed by atoms with Gasteiger partial charge in [0.25, 0.3) is 5.91 Å². The summed E-state index contributed by atoms with van der Waals surface area (Å²) >= 11 is 0. The lowest BCUT2D eigenvalue weighted by atomic mass is 10.2. The van der Waals surface area contributed by atoms with Gasteiger partial charge in [0.1, 0.15) is 5.76 Å². The second-order valence-corrected chi connectivity index (χ2v) is 8.08. The third-order valence-electron chi connectivity index (χ3n) is 4.38. The summed E-state index contributed by atoms with van der Waals surface area (Å²) in [4.78, 5) is 14.7. The number of rotatable bonds is 5. The Balaban J connectivity index is 1.76. The average Bonchev–Trinajstić information content (AvgIpc) is 3.06. The lowest BCUT2D eigenvalue weighted by Gasteiger charge is -2.33. The van der Waals surface area contributed by atoms with Crippen molar-refractivity contribution in [3.63, 3.8) is 0 Å². The summed E-state index contributed by atoms with van der Waals surface area (Å²) in [5, 5.41) is 6.29. The zero-order valence-electron chi connectivity index (χ0n) is 14.8. The van der Waals surface area contributed by atoms with Gasteiger partial charge in [-0.05, 0) is 31.7 Å². The molecular formula is C17H22N4O4S. The van der Waals surface area contributed by atoms with Crippen molar-refractivity contribution in [3.8, 4) is 0 Å². The van der Waals surface area contributed by atoms with Crippen LogP contribution < -0.4 is 5.32 Å². The Morgan fingerprint density at radius 3 is 2.58 bits per heavy atom. The maximum atomic E-state index is 12.9. The third kappa shape index (κ3) is 3.95. The Morgan fingerprint density at radius 1 is 1.23 bits per heavy atom. The van der Waals surface area contributed by atoms with Crippen LogP contribution in [-0.4, -0.2) is 61.4 Å². The number of benzene rings is 1. The molecule has 1 aromatic heterocycles. The average molecular weight is 378 g/mol. The highest BCUT2D eigenvalue weighted by Gasteiger charge is 2.28. The van der Waals surface area contributed by atoms with Crippen LogP contribution in [-0.2, 0) is 10.0 Å². The summed E-state index contributed by atoms with van der Waals surface area (Å²) in [6, 6.07) is 7.63. The summed E-state index contributed by atoms with van der Waals surface area (Å²) in [6.45, 7) is 7.00. The quantitative estimate of drug-likeness (QED) is 0.848. The largest absolute Gasteiger partial charge is 0.360 e. The minimum Gasteiger partial charge on any atom is -0.360 e. The van der Waals surface area contributed by atoms with E-state index in [1.807, 2.05) is 0 Å². The van der Waals surface area contributed by atoms with E-state index in [1.54, 1.807) is 25.1 Å². The Labute approximate surface area is 152 Å². The number of aryl methyl sites for hydroxylation is 1. The first kappa shape index (κ1) is 18.6. The van der Waals surface area contributed by atoms with Gasteiger partial charge in [-0.1, -0.05) is 18.1 Å². The van der Waals surface area contributed by atoms with Crippen LogP contribution in [0.15, 0.2) is 39.8 Å². The molecule has 0 unspecified atom stereocenters. The van der Waals surface area contributed by atoms with E-state index in [0.717, 1.165) is 6.54 Å². The Kier molecular flexibility index (Phi) is 5.40. The summed E-state index contributed by atoms with van der Waals surface area (Å²) in [7, 11) is -3.63. The Morgan fingerprint density at radius 2 is 1.96 bits per heavy atom. The number of sulfonamides is 1. The molecule has 0 radical (unpaired) electrons. The van der Waals surface area contributed by atoms with E-state index in [0.29, 0.717) is 31.9 Å². The molecule has 26 heavy (non-hydrogen) atoms. The molecule has 2 heterocycles. The zero-order valence-corrected chi connectivity index (χ0v) is 15.6. The van der Waals surface area contributed by atoms with Crippen molar-refractivity contribution in [3.05, 3.63) is 41.7 Å². The van der Waals surface area contributed by atoms with Crippen LogP contribution in [0.3, 0.4) is 0 Å². The van der Waals surface area contributed by atoms with Crippen molar-refractivity contribution < 1.29 is 17.7 Å². The summed E-state index contributed by atoms with van der Waals surface area (Å²) in [5.41, 5.74) is 0.249. The molecule has 2 aromatic rings. The number of nitrogens with one attached hydrogen (secondary N) is 1. The number of likely N-dealkylation sites (N-methyl/N-ethyl adjacent to an activating group) is 1. The molecule has 0 saturated carbocycles. The van der Waals surface area contributed by atoms with Crippen molar-refractivity contribution in [2.45, 2.75) is 18.7 Å². The first-order valence-electron chi connectivity index (χ1n) is 8.47. The Hall–Kier alpha value is -2.23. The van der Waals surface area contributed by atoms with E-state index in [2.05, 4.69) is 22.3 Å². The number of piperazine rings is 1. The number of amides is 1. The minimum absolute atomic E-state index is 0.117.